The molecule has 1 aromatic heterocycles. The number of hydrogen-bond acceptors (Lipinski definition) is 6. The maximum absolute atomic E-state index is 13.0. The highest BCUT2D eigenvalue weighted by Crippen LogP contribution is 2.16. The molecule has 2 heterocycles. The summed E-state index contributed by atoms with van der Waals surface area (Å²) in [5, 5.41) is 4.17. The van der Waals surface area contributed by atoms with Crippen LogP contribution in [0.5, 0.6) is 0 Å². The maximum Gasteiger partial charge on any atom is 0.438 e. The lowest BCUT2D eigenvalue weighted by Gasteiger charge is -2.35. The standard InChI is InChI=1S/C18H23FN4O4/c1-18(2,3)27-16(24)22-10-8-21(9-11-22)12-23-17(25)26-15(20-23)13-4-6-14(19)7-5-13/h4-7H,8-12H2,1-3H3. The Morgan fingerprint density at radius 2 is 1.81 bits per heavy atom. The normalized spacial score (nSPS) is 15.8. The van der Waals surface area contributed by atoms with Gasteiger partial charge in [-0.15, -0.1) is 5.10 Å². The number of amides is 1. The van der Waals surface area contributed by atoms with E-state index in [4.69, 9.17) is 9.15 Å². The Balaban J connectivity index is 1.59. The molecule has 8 nitrogen and oxygen atoms in total. The molecule has 0 spiro atoms. The molecule has 27 heavy (non-hydrogen) atoms. The summed E-state index contributed by atoms with van der Waals surface area (Å²) in [5.41, 5.74) is 0.000851. The lowest BCUT2D eigenvalue weighted by Crippen LogP contribution is -2.50. The largest absolute Gasteiger partial charge is 0.444 e. The fourth-order valence-electron chi connectivity index (χ4n) is 2.69. The minimum Gasteiger partial charge on any atom is -0.444 e. The smallest absolute Gasteiger partial charge is 0.438 e. The fourth-order valence-corrected chi connectivity index (χ4v) is 2.69. The molecule has 0 bridgehead atoms. The summed E-state index contributed by atoms with van der Waals surface area (Å²) in [5.74, 6) is -0.806. The Hall–Kier alpha value is -2.68. The summed E-state index contributed by atoms with van der Waals surface area (Å²) in [6, 6.07) is 5.57. The first-order valence-electron chi connectivity index (χ1n) is 8.75. The number of ether oxygens (including phenoxy) is 1. The highest BCUT2D eigenvalue weighted by atomic mass is 19.1. The molecule has 9 heteroatoms. The molecule has 1 aliphatic rings. The maximum atomic E-state index is 13.0. The molecule has 1 fully saturated rings. The summed E-state index contributed by atoms with van der Waals surface area (Å²) < 4.78 is 24.8. The summed E-state index contributed by atoms with van der Waals surface area (Å²) in [4.78, 5) is 27.8. The van der Waals surface area contributed by atoms with Crippen molar-refractivity contribution in [2.75, 3.05) is 26.2 Å². The Morgan fingerprint density at radius 1 is 1.19 bits per heavy atom. The third-order valence-electron chi connectivity index (χ3n) is 4.06. The van der Waals surface area contributed by atoms with E-state index in [1.807, 2.05) is 25.7 Å². The summed E-state index contributed by atoms with van der Waals surface area (Å²) in [6.07, 6.45) is -0.334. The van der Waals surface area contributed by atoms with E-state index in [1.54, 1.807) is 4.90 Å². The minimum absolute atomic E-state index is 0.146. The number of carbonyl (C=O) groups excluding carboxylic acids is 1. The van der Waals surface area contributed by atoms with Crippen molar-refractivity contribution in [3.63, 3.8) is 0 Å². The predicted octanol–water partition coefficient (Wildman–Crippen LogP) is 2.15. The van der Waals surface area contributed by atoms with Crippen molar-refractivity contribution in [1.29, 1.82) is 0 Å². The molecule has 0 aliphatic carbocycles. The number of piperazine rings is 1. The lowest BCUT2D eigenvalue weighted by atomic mass is 10.2. The van der Waals surface area contributed by atoms with Gasteiger partial charge in [0.2, 0.25) is 5.89 Å². The second kappa shape index (κ2) is 7.51. The summed E-state index contributed by atoms with van der Waals surface area (Å²) in [7, 11) is 0. The summed E-state index contributed by atoms with van der Waals surface area (Å²) >= 11 is 0. The van der Waals surface area contributed by atoms with Gasteiger partial charge < -0.3 is 14.1 Å². The molecule has 2 aromatic rings. The average Bonchev–Trinajstić information content (AvgIpc) is 2.95. The third-order valence-corrected chi connectivity index (χ3v) is 4.06. The Labute approximate surface area is 156 Å². The number of nitrogens with zero attached hydrogens (tertiary/aromatic N) is 4. The summed E-state index contributed by atoms with van der Waals surface area (Å²) in [6.45, 7) is 7.93. The van der Waals surface area contributed by atoms with Crippen molar-refractivity contribution < 1.29 is 18.3 Å². The first kappa shape index (κ1) is 19.1. The quantitative estimate of drug-likeness (QED) is 0.814. The lowest BCUT2D eigenvalue weighted by molar-refractivity contribution is 0.0112. The van der Waals surface area contributed by atoms with Crippen LogP contribution in [-0.4, -0.2) is 57.5 Å². The van der Waals surface area contributed by atoms with Gasteiger partial charge in [0.15, 0.2) is 0 Å². The van der Waals surface area contributed by atoms with Crippen molar-refractivity contribution in [3.8, 4) is 11.5 Å². The van der Waals surface area contributed by atoms with Crippen LogP contribution in [0.3, 0.4) is 0 Å². The molecule has 1 saturated heterocycles. The first-order valence-corrected chi connectivity index (χ1v) is 8.75. The zero-order valence-corrected chi connectivity index (χ0v) is 15.6. The van der Waals surface area contributed by atoms with Gasteiger partial charge in [-0.3, -0.25) is 4.90 Å². The van der Waals surface area contributed by atoms with E-state index >= 15 is 0 Å². The molecule has 1 aliphatic heterocycles. The molecule has 0 saturated carbocycles. The van der Waals surface area contributed by atoms with E-state index in [1.165, 1.54) is 28.9 Å². The number of carbonyl (C=O) groups is 1. The van der Waals surface area contributed by atoms with E-state index in [0.717, 1.165) is 0 Å². The van der Waals surface area contributed by atoms with E-state index in [-0.39, 0.29) is 24.5 Å². The van der Waals surface area contributed by atoms with Crippen LogP contribution in [-0.2, 0) is 11.4 Å². The van der Waals surface area contributed by atoms with E-state index in [0.29, 0.717) is 31.7 Å². The number of benzene rings is 1. The molecule has 0 N–H and O–H groups in total. The molecule has 3 rings (SSSR count). The molecule has 0 radical (unpaired) electrons. The molecule has 0 unspecified atom stereocenters. The van der Waals surface area contributed by atoms with Crippen molar-refractivity contribution in [1.82, 2.24) is 19.6 Å². The zero-order chi connectivity index (χ0) is 19.6. The highest BCUT2D eigenvalue weighted by molar-refractivity contribution is 5.68. The van der Waals surface area contributed by atoms with Gasteiger partial charge in [-0.1, -0.05) is 0 Å². The Morgan fingerprint density at radius 3 is 2.41 bits per heavy atom. The van der Waals surface area contributed by atoms with Gasteiger partial charge in [-0.25, -0.2) is 14.0 Å². The second-order valence-corrected chi connectivity index (χ2v) is 7.41. The van der Waals surface area contributed by atoms with Crippen LogP contribution in [0.15, 0.2) is 33.5 Å². The molecule has 1 amide bonds. The third kappa shape index (κ3) is 4.94. The van der Waals surface area contributed by atoms with Crippen LogP contribution in [0.1, 0.15) is 20.8 Å². The van der Waals surface area contributed by atoms with Crippen LogP contribution in [0, 0.1) is 5.82 Å². The number of rotatable bonds is 3. The van der Waals surface area contributed by atoms with Gasteiger partial charge in [0.25, 0.3) is 0 Å². The van der Waals surface area contributed by atoms with Crippen LogP contribution in [0.2, 0.25) is 0 Å². The Bertz CT molecular complexity index is 845. The number of hydrogen-bond donors (Lipinski definition) is 0. The van der Waals surface area contributed by atoms with E-state index in [2.05, 4.69) is 5.10 Å². The van der Waals surface area contributed by atoms with Crippen molar-refractivity contribution in [2.45, 2.75) is 33.0 Å². The van der Waals surface area contributed by atoms with Crippen LogP contribution < -0.4 is 5.76 Å². The fraction of sp³-hybridized carbons (Fsp3) is 0.500. The first-order chi connectivity index (χ1) is 12.7. The van der Waals surface area contributed by atoms with Gasteiger partial charge >= 0.3 is 11.8 Å². The van der Waals surface area contributed by atoms with Crippen LogP contribution >= 0.6 is 0 Å². The monoisotopic (exact) mass is 378 g/mol. The van der Waals surface area contributed by atoms with Crippen molar-refractivity contribution >= 4 is 6.09 Å². The molecular weight excluding hydrogens is 355 g/mol. The van der Waals surface area contributed by atoms with Gasteiger partial charge in [0, 0.05) is 31.7 Å². The van der Waals surface area contributed by atoms with Gasteiger partial charge in [0.1, 0.15) is 18.1 Å². The zero-order valence-electron chi connectivity index (χ0n) is 15.6. The predicted molar refractivity (Wildman–Crippen MR) is 95.5 cm³/mol. The second-order valence-electron chi connectivity index (χ2n) is 7.41. The van der Waals surface area contributed by atoms with Gasteiger partial charge in [0.05, 0.1) is 0 Å². The highest BCUT2D eigenvalue weighted by Gasteiger charge is 2.26. The van der Waals surface area contributed by atoms with Crippen molar-refractivity contribution in [3.05, 3.63) is 40.6 Å². The minimum atomic E-state index is -0.580. The SMILES string of the molecule is CC(C)(C)OC(=O)N1CCN(Cn2nc(-c3ccc(F)cc3)oc2=O)CC1. The van der Waals surface area contributed by atoms with Crippen LogP contribution in [0.4, 0.5) is 9.18 Å². The molecule has 146 valence electrons. The van der Waals surface area contributed by atoms with Crippen molar-refractivity contribution in [2.24, 2.45) is 0 Å². The Kier molecular flexibility index (Phi) is 5.31. The average molecular weight is 378 g/mol. The molecular formula is C18H23FN4O4. The van der Waals surface area contributed by atoms with E-state index in [9.17, 15) is 14.0 Å². The molecule has 1 aromatic carbocycles. The number of aromatic nitrogens is 2. The molecule has 0 atom stereocenters. The van der Waals surface area contributed by atoms with E-state index < -0.39 is 11.4 Å². The van der Waals surface area contributed by atoms with Gasteiger partial charge in [-0.05, 0) is 45.0 Å². The van der Waals surface area contributed by atoms with Crippen LogP contribution in [0.25, 0.3) is 11.5 Å². The van der Waals surface area contributed by atoms with Gasteiger partial charge in [-0.2, -0.15) is 4.68 Å². The number of halogens is 1. The topological polar surface area (TPSA) is 80.8 Å².